The van der Waals surface area contributed by atoms with Crippen molar-refractivity contribution >= 4 is 29.3 Å². The second-order valence-electron chi connectivity index (χ2n) is 10.3. The third kappa shape index (κ3) is 4.17. The second kappa shape index (κ2) is 9.31. The summed E-state index contributed by atoms with van der Waals surface area (Å²) < 4.78 is 20.4. The Kier molecular flexibility index (Phi) is 5.99. The van der Waals surface area contributed by atoms with E-state index in [0.717, 1.165) is 50.9 Å². The number of aromatic nitrogens is 2. The van der Waals surface area contributed by atoms with E-state index in [1.54, 1.807) is 18.3 Å². The van der Waals surface area contributed by atoms with Gasteiger partial charge in [0.2, 0.25) is 11.9 Å². The maximum absolute atomic E-state index is 14.7. The van der Waals surface area contributed by atoms with Crippen LogP contribution < -0.4 is 20.3 Å². The fourth-order valence-corrected chi connectivity index (χ4v) is 6.17. The number of amides is 2. The largest absolute Gasteiger partial charge is 0.489 e. The number of fused-ring (bicyclic) bond motifs is 1. The number of hydrogen-bond acceptors (Lipinski definition) is 8. The van der Waals surface area contributed by atoms with E-state index in [1.807, 2.05) is 0 Å². The molecule has 10 heteroatoms. The SMILES string of the molecule is O=C1CC2(Cc3cnc(Nc4ccc(OCCN5CCCC5)c(F)c4)nc3N2C2CCCC2)C(=O)N1. The zero-order chi connectivity index (χ0) is 24.7. The molecule has 4 heterocycles. The van der Waals surface area contributed by atoms with Gasteiger partial charge < -0.3 is 15.0 Å². The lowest BCUT2D eigenvalue weighted by molar-refractivity contribution is -0.126. The smallest absolute Gasteiger partial charge is 0.253 e. The van der Waals surface area contributed by atoms with Gasteiger partial charge in [0.05, 0.1) is 6.42 Å². The summed E-state index contributed by atoms with van der Waals surface area (Å²) in [5.74, 6) is 0.276. The average molecular weight is 495 g/mol. The van der Waals surface area contributed by atoms with Gasteiger partial charge in [-0.3, -0.25) is 19.8 Å². The Morgan fingerprint density at radius 2 is 1.94 bits per heavy atom. The summed E-state index contributed by atoms with van der Waals surface area (Å²) in [6.45, 7) is 3.41. The van der Waals surface area contributed by atoms with Crippen molar-refractivity contribution in [1.82, 2.24) is 20.2 Å². The molecule has 4 aliphatic rings. The summed E-state index contributed by atoms with van der Waals surface area (Å²) in [5, 5.41) is 5.59. The minimum absolute atomic E-state index is 0.131. The van der Waals surface area contributed by atoms with E-state index in [4.69, 9.17) is 9.72 Å². The molecule has 0 radical (unpaired) electrons. The molecule has 2 N–H and O–H groups in total. The lowest BCUT2D eigenvalue weighted by Crippen LogP contribution is -2.56. The Bertz CT molecular complexity index is 1180. The van der Waals surface area contributed by atoms with Crippen LogP contribution in [-0.2, 0) is 16.0 Å². The lowest BCUT2D eigenvalue weighted by atomic mass is 9.91. The van der Waals surface area contributed by atoms with Crippen LogP contribution in [0.3, 0.4) is 0 Å². The summed E-state index contributed by atoms with van der Waals surface area (Å²) in [5.41, 5.74) is 0.431. The van der Waals surface area contributed by atoms with Gasteiger partial charge in [-0.15, -0.1) is 0 Å². The predicted molar refractivity (Wildman–Crippen MR) is 132 cm³/mol. The topological polar surface area (TPSA) is 99.7 Å². The molecule has 6 rings (SSSR count). The first-order valence-electron chi connectivity index (χ1n) is 12.9. The number of benzene rings is 1. The second-order valence-corrected chi connectivity index (χ2v) is 10.3. The molecule has 3 aliphatic heterocycles. The molecule has 190 valence electrons. The standard InChI is InChI=1S/C26H31FN6O3/c27-20-13-18(7-8-21(20)36-12-11-32-9-3-4-10-32)29-25-28-16-17-14-26(15-22(34)30-24(26)35)33(23(17)31-25)19-5-1-2-6-19/h7-8,13,16,19H,1-6,9-12,14-15H2,(H,28,29,31)(H,30,34,35). The summed E-state index contributed by atoms with van der Waals surface area (Å²) in [6, 6.07) is 4.88. The fourth-order valence-electron chi connectivity index (χ4n) is 6.17. The Balaban J connectivity index is 1.19. The molecule has 1 aromatic carbocycles. The van der Waals surface area contributed by atoms with Gasteiger partial charge in [0, 0.05) is 42.5 Å². The van der Waals surface area contributed by atoms with Crippen molar-refractivity contribution in [3.05, 3.63) is 35.8 Å². The summed E-state index contributed by atoms with van der Waals surface area (Å²) >= 11 is 0. The zero-order valence-corrected chi connectivity index (χ0v) is 20.3. The van der Waals surface area contributed by atoms with E-state index >= 15 is 0 Å². The van der Waals surface area contributed by atoms with Crippen molar-refractivity contribution in [2.24, 2.45) is 0 Å². The van der Waals surface area contributed by atoms with Gasteiger partial charge in [0.1, 0.15) is 18.0 Å². The molecule has 1 spiro atoms. The lowest BCUT2D eigenvalue weighted by Gasteiger charge is -2.38. The van der Waals surface area contributed by atoms with Crippen molar-refractivity contribution in [3.63, 3.8) is 0 Å². The maximum Gasteiger partial charge on any atom is 0.253 e. The Hall–Kier alpha value is -3.27. The number of ether oxygens (including phenoxy) is 1. The van der Waals surface area contributed by atoms with Crippen molar-refractivity contribution in [2.75, 3.05) is 36.5 Å². The number of nitrogens with one attached hydrogen (secondary N) is 2. The van der Waals surface area contributed by atoms with Crippen LogP contribution in [-0.4, -0.2) is 64.5 Å². The number of likely N-dealkylation sites (tertiary alicyclic amines) is 1. The molecular weight excluding hydrogens is 463 g/mol. The van der Waals surface area contributed by atoms with E-state index in [9.17, 15) is 14.0 Å². The maximum atomic E-state index is 14.7. The molecular formula is C26H31FN6O3. The van der Waals surface area contributed by atoms with Crippen LogP contribution >= 0.6 is 0 Å². The van der Waals surface area contributed by atoms with Gasteiger partial charge in [-0.1, -0.05) is 12.8 Å². The summed E-state index contributed by atoms with van der Waals surface area (Å²) in [7, 11) is 0. The number of hydrogen-bond donors (Lipinski definition) is 2. The van der Waals surface area contributed by atoms with E-state index in [1.165, 1.54) is 18.9 Å². The molecule has 1 aliphatic carbocycles. The Morgan fingerprint density at radius 1 is 1.14 bits per heavy atom. The van der Waals surface area contributed by atoms with Crippen molar-refractivity contribution in [1.29, 1.82) is 0 Å². The minimum Gasteiger partial charge on any atom is -0.489 e. The van der Waals surface area contributed by atoms with Gasteiger partial charge in [0.15, 0.2) is 11.6 Å². The van der Waals surface area contributed by atoms with Crippen LogP contribution in [0.15, 0.2) is 24.4 Å². The van der Waals surface area contributed by atoms with Crippen LogP contribution in [0.4, 0.5) is 21.8 Å². The third-order valence-electron chi connectivity index (χ3n) is 7.88. The van der Waals surface area contributed by atoms with Crippen LogP contribution in [0.1, 0.15) is 50.5 Å². The van der Waals surface area contributed by atoms with Gasteiger partial charge >= 0.3 is 0 Å². The van der Waals surface area contributed by atoms with E-state index < -0.39 is 11.4 Å². The van der Waals surface area contributed by atoms with Gasteiger partial charge in [-0.05, 0) is 50.9 Å². The summed E-state index contributed by atoms with van der Waals surface area (Å²) in [4.78, 5) is 38.7. The van der Waals surface area contributed by atoms with Gasteiger partial charge in [-0.2, -0.15) is 4.98 Å². The molecule has 2 saturated heterocycles. The molecule has 36 heavy (non-hydrogen) atoms. The van der Waals surface area contributed by atoms with Gasteiger partial charge in [0.25, 0.3) is 5.91 Å². The van der Waals surface area contributed by atoms with Crippen LogP contribution in [0.25, 0.3) is 0 Å². The molecule has 1 atom stereocenters. The van der Waals surface area contributed by atoms with E-state index in [2.05, 4.69) is 25.4 Å². The highest BCUT2D eigenvalue weighted by Gasteiger charge is 2.58. The van der Waals surface area contributed by atoms with E-state index in [-0.39, 0.29) is 30.0 Å². The van der Waals surface area contributed by atoms with Crippen LogP contribution in [0.5, 0.6) is 5.75 Å². The highest BCUT2D eigenvalue weighted by molar-refractivity contribution is 6.11. The number of carbonyl (C=O) groups excluding carboxylic acids is 2. The van der Waals surface area contributed by atoms with Crippen molar-refractivity contribution in [3.8, 4) is 5.75 Å². The molecule has 1 unspecified atom stereocenters. The van der Waals surface area contributed by atoms with Gasteiger partial charge in [-0.25, -0.2) is 9.37 Å². The summed E-state index contributed by atoms with van der Waals surface area (Å²) in [6.07, 6.45) is 8.77. The number of anilines is 3. The number of nitrogens with zero attached hydrogens (tertiary/aromatic N) is 4. The molecule has 0 bridgehead atoms. The predicted octanol–water partition coefficient (Wildman–Crippen LogP) is 2.92. The molecule has 1 saturated carbocycles. The molecule has 9 nitrogen and oxygen atoms in total. The molecule has 2 amide bonds. The number of imide groups is 1. The first-order chi connectivity index (χ1) is 17.5. The molecule has 3 fully saturated rings. The monoisotopic (exact) mass is 494 g/mol. The third-order valence-corrected chi connectivity index (χ3v) is 7.88. The normalized spacial score (nSPS) is 24.1. The van der Waals surface area contributed by atoms with Crippen molar-refractivity contribution < 1.29 is 18.7 Å². The van der Waals surface area contributed by atoms with Crippen LogP contribution in [0.2, 0.25) is 0 Å². The van der Waals surface area contributed by atoms with E-state index in [0.29, 0.717) is 30.5 Å². The first-order valence-corrected chi connectivity index (χ1v) is 12.9. The number of halogens is 1. The zero-order valence-electron chi connectivity index (χ0n) is 20.3. The number of carbonyl (C=O) groups is 2. The number of rotatable bonds is 7. The fraction of sp³-hybridized carbons (Fsp3) is 0.538. The average Bonchev–Trinajstić information content (AvgIpc) is 3.64. The minimum atomic E-state index is -0.929. The molecule has 2 aromatic rings. The molecule has 1 aromatic heterocycles. The van der Waals surface area contributed by atoms with Crippen molar-refractivity contribution in [2.45, 2.75) is 62.9 Å². The van der Waals surface area contributed by atoms with Crippen LogP contribution in [0, 0.1) is 5.82 Å². The highest BCUT2D eigenvalue weighted by atomic mass is 19.1. The Labute approximate surface area is 209 Å². The first kappa shape index (κ1) is 23.1. The highest BCUT2D eigenvalue weighted by Crippen LogP contribution is 2.46. The Morgan fingerprint density at radius 3 is 2.67 bits per heavy atom. The quantitative estimate of drug-likeness (QED) is 0.567.